The van der Waals surface area contributed by atoms with E-state index < -0.39 is 0 Å². The van der Waals surface area contributed by atoms with E-state index in [4.69, 9.17) is 0 Å². The summed E-state index contributed by atoms with van der Waals surface area (Å²) in [6.07, 6.45) is 4.07. The van der Waals surface area contributed by atoms with Crippen LogP contribution < -0.4 is 14.9 Å². The third-order valence-corrected chi connectivity index (χ3v) is 3.79. The van der Waals surface area contributed by atoms with Crippen molar-refractivity contribution in [2.24, 2.45) is 5.92 Å². The second-order valence-electron chi connectivity index (χ2n) is 5.24. The number of nitrogens with one attached hydrogen (secondary N) is 2. The molecule has 2 aromatic rings. The van der Waals surface area contributed by atoms with Crippen LogP contribution in [-0.4, -0.2) is 34.1 Å². The number of carbonyl (C=O) groups excluding carboxylic acids is 1. The van der Waals surface area contributed by atoms with Crippen molar-refractivity contribution in [3.05, 3.63) is 18.3 Å². The third-order valence-electron chi connectivity index (χ3n) is 3.40. The second-order valence-corrected chi connectivity index (χ2v) is 5.64. The highest BCUT2D eigenvalue weighted by Crippen LogP contribution is 2.28. The molecule has 2 amide bonds. The van der Waals surface area contributed by atoms with Crippen LogP contribution in [0.15, 0.2) is 18.3 Å². The van der Waals surface area contributed by atoms with Crippen LogP contribution in [0.2, 0.25) is 0 Å². The van der Waals surface area contributed by atoms with Crippen LogP contribution in [0.1, 0.15) is 19.8 Å². The van der Waals surface area contributed by atoms with E-state index in [-0.39, 0.29) is 6.03 Å². The van der Waals surface area contributed by atoms with Crippen molar-refractivity contribution >= 4 is 41.6 Å². The zero-order chi connectivity index (χ0) is 15.5. The fraction of sp³-hybridized carbons (Fsp3) is 0.429. The topological polar surface area (TPSA) is 83.0 Å². The predicted octanol–water partition coefficient (Wildman–Crippen LogP) is 2.23. The van der Waals surface area contributed by atoms with Gasteiger partial charge in [0.2, 0.25) is 0 Å². The van der Waals surface area contributed by atoms with Crippen molar-refractivity contribution in [1.82, 2.24) is 20.3 Å². The van der Waals surface area contributed by atoms with Gasteiger partial charge in [0.15, 0.2) is 11.5 Å². The predicted molar refractivity (Wildman–Crippen MR) is 89.1 cm³/mol. The Morgan fingerprint density at radius 1 is 1.41 bits per heavy atom. The maximum absolute atomic E-state index is 11.8. The summed E-state index contributed by atoms with van der Waals surface area (Å²) < 4.78 is 1.13. The minimum Gasteiger partial charge on any atom is -0.370 e. The fourth-order valence-electron chi connectivity index (χ4n) is 1.99. The van der Waals surface area contributed by atoms with E-state index in [0.717, 1.165) is 22.6 Å². The molecule has 22 heavy (non-hydrogen) atoms. The first-order chi connectivity index (χ1) is 10.7. The minimum atomic E-state index is -0.345. The summed E-state index contributed by atoms with van der Waals surface area (Å²) in [4.78, 5) is 24.8. The Labute approximate surface area is 134 Å². The molecule has 0 unspecified atom stereocenters. The lowest BCUT2D eigenvalue weighted by molar-refractivity contribution is 0.250. The Bertz CT molecular complexity index is 690. The van der Waals surface area contributed by atoms with E-state index in [2.05, 4.69) is 38.4 Å². The molecule has 8 heteroatoms. The fourth-order valence-corrected chi connectivity index (χ4v) is 2.16. The van der Waals surface area contributed by atoms with Crippen molar-refractivity contribution in [3.8, 4) is 0 Å². The Balaban J connectivity index is 1.81. The number of hydrogen-bond donors (Lipinski definition) is 3. The van der Waals surface area contributed by atoms with Gasteiger partial charge in [-0.15, -0.1) is 0 Å². The van der Waals surface area contributed by atoms with Crippen LogP contribution in [0, 0.1) is 5.92 Å². The molecule has 3 rings (SSSR count). The second kappa shape index (κ2) is 6.35. The molecule has 7 nitrogen and oxygen atoms in total. The molecular formula is C14H18N6OS. The van der Waals surface area contributed by atoms with Gasteiger partial charge in [-0.2, -0.15) is 0 Å². The number of rotatable bonds is 5. The third kappa shape index (κ3) is 3.38. The molecule has 0 radical (unpaired) electrons. The number of aromatic nitrogens is 3. The molecule has 0 aromatic carbocycles. The van der Waals surface area contributed by atoms with Crippen LogP contribution in [0.4, 0.5) is 16.4 Å². The van der Waals surface area contributed by atoms with Gasteiger partial charge in [0.05, 0.1) is 6.20 Å². The van der Waals surface area contributed by atoms with Gasteiger partial charge in [0.1, 0.15) is 11.3 Å². The molecule has 0 aliphatic heterocycles. The molecule has 0 saturated heterocycles. The summed E-state index contributed by atoms with van der Waals surface area (Å²) in [5.74, 6) is 1.88. The van der Waals surface area contributed by atoms with Crippen molar-refractivity contribution in [2.45, 2.75) is 19.8 Å². The highest BCUT2D eigenvalue weighted by molar-refractivity contribution is 7.82. The molecule has 2 N–H and O–H groups in total. The number of fused-ring (bicyclic) bond motifs is 1. The number of carbonyl (C=O) groups is 1. The lowest BCUT2D eigenvalue weighted by Crippen LogP contribution is -2.34. The number of hydrogen-bond acceptors (Lipinski definition) is 6. The van der Waals surface area contributed by atoms with Gasteiger partial charge in [-0.25, -0.2) is 24.1 Å². The van der Waals surface area contributed by atoms with E-state index in [9.17, 15) is 4.79 Å². The van der Waals surface area contributed by atoms with Crippen LogP contribution in [0.5, 0.6) is 0 Å². The number of pyridine rings is 1. The number of thiol groups is 1. The molecule has 1 aliphatic carbocycles. The van der Waals surface area contributed by atoms with Gasteiger partial charge in [-0.1, -0.05) is 12.8 Å². The Kier molecular flexibility index (Phi) is 4.28. The normalized spacial score (nSPS) is 13.9. The zero-order valence-electron chi connectivity index (χ0n) is 12.3. The van der Waals surface area contributed by atoms with E-state index in [0.29, 0.717) is 23.5 Å². The van der Waals surface area contributed by atoms with Crippen LogP contribution in [-0.2, 0) is 0 Å². The highest BCUT2D eigenvalue weighted by Gasteiger charge is 2.20. The van der Waals surface area contributed by atoms with Gasteiger partial charge in [-0.3, -0.25) is 0 Å². The van der Waals surface area contributed by atoms with Gasteiger partial charge < -0.3 is 10.6 Å². The standard InChI is InChI=1S/C14H18N6OS/c1-2-15-14(21)20(22)12-8-16-10-5-6-11(18-13(10)19-12)17-7-9-3-4-9/h5-6,8-9,22H,2-4,7H2,1H3,(H,15,21)(H,17,18,19). The number of urea groups is 1. The highest BCUT2D eigenvalue weighted by atomic mass is 32.1. The van der Waals surface area contributed by atoms with E-state index in [1.165, 1.54) is 19.0 Å². The average molecular weight is 318 g/mol. The molecule has 1 fully saturated rings. The summed E-state index contributed by atoms with van der Waals surface area (Å²) in [6, 6.07) is 3.41. The Morgan fingerprint density at radius 3 is 2.95 bits per heavy atom. The molecule has 0 atom stereocenters. The summed E-state index contributed by atoms with van der Waals surface area (Å²) in [5, 5.41) is 5.95. The Hall–Kier alpha value is -2.09. The lowest BCUT2D eigenvalue weighted by Gasteiger charge is -2.14. The van der Waals surface area contributed by atoms with Crippen molar-refractivity contribution in [2.75, 3.05) is 22.7 Å². The smallest absolute Gasteiger partial charge is 0.333 e. The summed E-state index contributed by atoms with van der Waals surface area (Å²) in [5.41, 5.74) is 1.17. The first-order valence-corrected chi connectivity index (χ1v) is 7.72. The Morgan fingerprint density at radius 2 is 2.23 bits per heavy atom. The molecule has 1 saturated carbocycles. The quantitative estimate of drug-likeness (QED) is 0.736. The lowest BCUT2D eigenvalue weighted by atomic mass is 10.3. The van der Waals surface area contributed by atoms with E-state index in [1.54, 1.807) is 0 Å². The van der Waals surface area contributed by atoms with Crippen molar-refractivity contribution in [3.63, 3.8) is 0 Å². The molecule has 0 bridgehead atoms. The SMILES string of the molecule is CCNC(=O)N(S)c1cnc2ccc(NCC3CC3)nc2n1. The number of nitrogens with zero attached hydrogens (tertiary/aromatic N) is 4. The molecule has 0 spiro atoms. The monoisotopic (exact) mass is 318 g/mol. The van der Waals surface area contributed by atoms with Crippen molar-refractivity contribution in [1.29, 1.82) is 0 Å². The van der Waals surface area contributed by atoms with Crippen molar-refractivity contribution < 1.29 is 4.79 Å². The summed E-state index contributed by atoms with van der Waals surface area (Å²) in [6.45, 7) is 3.29. The first kappa shape index (κ1) is 14.8. The van der Waals surface area contributed by atoms with Gasteiger partial charge in [0, 0.05) is 13.1 Å². The van der Waals surface area contributed by atoms with Gasteiger partial charge in [0.25, 0.3) is 0 Å². The van der Waals surface area contributed by atoms with Gasteiger partial charge >= 0.3 is 6.03 Å². The van der Waals surface area contributed by atoms with Gasteiger partial charge in [-0.05, 0) is 37.8 Å². The molecule has 2 heterocycles. The van der Waals surface area contributed by atoms with Crippen LogP contribution in [0.25, 0.3) is 11.2 Å². The van der Waals surface area contributed by atoms with Crippen LogP contribution in [0.3, 0.4) is 0 Å². The largest absolute Gasteiger partial charge is 0.370 e. The molecular weight excluding hydrogens is 300 g/mol. The van der Waals surface area contributed by atoms with Crippen LogP contribution >= 0.6 is 12.8 Å². The maximum Gasteiger partial charge on any atom is 0.333 e. The maximum atomic E-state index is 11.8. The summed E-state index contributed by atoms with van der Waals surface area (Å²) >= 11 is 4.15. The molecule has 116 valence electrons. The van der Waals surface area contributed by atoms with E-state index >= 15 is 0 Å². The zero-order valence-corrected chi connectivity index (χ0v) is 13.2. The first-order valence-electron chi connectivity index (χ1n) is 7.32. The number of anilines is 2. The average Bonchev–Trinajstić information content (AvgIpc) is 3.36. The summed E-state index contributed by atoms with van der Waals surface area (Å²) in [7, 11) is 0. The number of amides is 2. The molecule has 1 aliphatic rings. The minimum absolute atomic E-state index is 0.341. The van der Waals surface area contributed by atoms with E-state index in [1.807, 2.05) is 19.1 Å². The molecule has 2 aromatic heterocycles.